The number of amides is 2. The average molecular weight is 369 g/mol. The van der Waals surface area contributed by atoms with Gasteiger partial charge in [0.25, 0.3) is 0 Å². The van der Waals surface area contributed by atoms with Gasteiger partial charge in [-0.1, -0.05) is 12.1 Å². The molecule has 2 aliphatic heterocycles. The smallest absolute Gasteiger partial charge is 0.355 e. The second-order valence-corrected chi connectivity index (χ2v) is 5.72. The van der Waals surface area contributed by atoms with E-state index in [2.05, 4.69) is 5.32 Å². The Morgan fingerprint density at radius 1 is 1.07 bits per heavy atom. The van der Waals surface area contributed by atoms with Gasteiger partial charge in [0.1, 0.15) is 5.70 Å². The minimum atomic E-state index is -0.684. The molecule has 3 rings (SSSR count). The van der Waals surface area contributed by atoms with Gasteiger partial charge in [-0.3, -0.25) is 4.90 Å². The van der Waals surface area contributed by atoms with Crippen LogP contribution in [0.1, 0.15) is 0 Å². The molecule has 8 nitrogen and oxygen atoms in total. The molecule has 0 radical (unpaired) electrons. The molecule has 2 amide bonds. The van der Waals surface area contributed by atoms with Crippen LogP contribution in [-0.2, 0) is 19.1 Å². The van der Waals surface area contributed by atoms with Gasteiger partial charge in [0, 0.05) is 30.7 Å². The van der Waals surface area contributed by atoms with Gasteiger partial charge in [-0.15, -0.1) is 0 Å². The summed E-state index contributed by atoms with van der Waals surface area (Å²) in [6.07, 6.45) is 6.45. The van der Waals surface area contributed by atoms with Gasteiger partial charge in [-0.25, -0.2) is 14.4 Å². The molecule has 0 bridgehead atoms. The van der Waals surface area contributed by atoms with Crippen LogP contribution in [0.3, 0.4) is 0 Å². The topological polar surface area (TPSA) is 88.2 Å². The number of ether oxygens (including phenoxy) is 2. The summed E-state index contributed by atoms with van der Waals surface area (Å²) in [7, 11) is 2.49. The molecule has 8 heteroatoms. The van der Waals surface area contributed by atoms with E-state index >= 15 is 0 Å². The summed E-state index contributed by atoms with van der Waals surface area (Å²) in [5.74, 6) is -1.34. The van der Waals surface area contributed by atoms with Crippen LogP contribution in [-0.4, -0.2) is 45.3 Å². The fourth-order valence-corrected chi connectivity index (χ4v) is 2.89. The number of nitrogens with zero attached hydrogens (tertiary/aromatic N) is 2. The standard InChI is InChI=1S/C19H19N3O5/c1-26-17(23)15-8-3-4-10-21(16(15)18(24)27-2)13-6-5-7-14(12-13)22-11-9-20-19(22)25/h3-8,10,12H,9,11H2,1-2H3,(H,20,25). The van der Waals surface area contributed by atoms with Gasteiger partial charge < -0.3 is 19.7 Å². The zero-order valence-electron chi connectivity index (χ0n) is 15.0. The van der Waals surface area contributed by atoms with E-state index in [4.69, 9.17) is 9.47 Å². The van der Waals surface area contributed by atoms with Crippen LogP contribution in [0.2, 0.25) is 0 Å². The fraction of sp³-hybridized carbons (Fsp3) is 0.211. The van der Waals surface area contributed by atoms with Crippen LogP contribution in [0.5, 0.6) is 0 Å². The lowest BCUT2D eigenvalue weighted by atomic mass is 10.1. The maximum Gasteiger partial charge on any atom is 0.355 e. The molecule has 1 aromatic rings. The maximum atomic E-state index is 12.5. The van der Waals surface area contributed by atoms with Gasteiger partial charge in [0.05, 0.1) is 19.8 Å². The van der Waals surface area contributed by atoms with Crippen LogP contribution in [0.15, 0.2) is 60.0 Å². The second kappa shape index (κ2) is 7.77. The lowest BCUT2D eigenvalue weighted by Gasteiger charge is -2.24. The molecule has 0 unspecified atom stereocenters. The van der Waals surface area contributed by atoms with Crippen molar-refractivity contribution in [2.24, 2.45) is 0 Å². The third-order valence-electron chi connectivity index (χ3n) is 4.17. The van der Waals surface area contributed by atoms with Crippen molar-refractivity contribution in [2.45, 2.75) is 0 Å². The van der Waals surface area contributed by atoms with Crippen LogP contribution in [0, 0.1) is 0 Å². The first-order valence-electron chi connectivity index (χ1n) is 8.27. The van der Waals surface area contributed by atoms with Gasteiger partial charge >= 0.3 is 18.0 Å². The Labute approximate surface area is 156 Å². The van der Waals surface area contributed by atoms with Gasteiger partial charge in [0.2, 0.25) is 0 Å². The van der Waals surface area contributed by atoms with E-state index < -0.39 is 11.9 Å². The Hall–Kier alpha value is -3.55. The zero-order chi connectivity index (χ0) is 19.4. The molecule has 1 saturated heterocycles. The SMILES string of the molecule is COC(=O)C1=C(C(=O)OC)N(c2cccc(N3CCNC3=O)c2)C=CC=C1. The summed E-state index contributed by atoms with van der Waals surface area (Å²) in [5, 5.41) is 2.75. The first-order chi connectivity index (χ1) is 13.1. The molecular weight excluding hydrogens is 350 g/mol. The normalized spacial score (nSPS) is 16.3. The first-order valence-corrected chi connectivity index (χ1v) is 8.27. The maximum absolute atomic E-state index is 12.5. The summed E-state index contributed by atoms with van der Waals surface area (Å²) >= 11 is 0. The van der Waals surface area contributed by atoms with E-state index in [1.54, 1.807) is 47.5 Å². The molecule has 0 atom stereocenters. The lowest BCUT2D eigenvalue weighted by molar-refractivity contribution is -0.139. The molecule has 2 aliphatic rings. The number of esters is 2. The number of carbonyl (C=O) groups excluding carboxylic acids is 3. The van der Waals surface area contributed by atoms with Gasteiger partial charge in [0.15, 0.2) is 0 Å². The average Bonchev–Trinajstić information content (AvgIpc) is 3.00. The van der Waals surface area contributed by atoms with Crippen LogP contribution < -0.4 is 15.1 Å². The third-order valence-corrected chi connectivity index (χ3v) is 4.17. The number of urea groups is 1. The number of nitrogens with one attached hydrogen (secondary N) is 1. The number of benzene rings is 1. The van der Waals surface area contributed by atoms with E-state index in [1.165, 1.54) is 25.2 Å². The monoisotopic (exact) mass is 369 g/mol. The fourth-order valence-electron chi connectivity index (χ4n) is 2.89. The van der Waals surface area contributed by atoms with Crippen molar-refractivity contribution in [3.8, 4) is 0 Å². The molecule has 0 aromatic heterocycles. The number of allylic oxidation sites excluding steroid dienone is 2. The Morgan fingerprint density at radius 3 is 2.48 bits per heavy atom. The van der Waals surface area contributed by atoms with Crippen molar-refractivity contribution in [1.82, 2.24) is 5.32 Å². The zero-order valence-corrected chi connectivity index (χ0v) is 15.0. The van der Waals surface area contributed by atoms with Crippen LogP contribution in [0.4, 0.5) is 16.2 Å². The molecular formula is C19H19N3O5. The van der Waals surface area contributed by atoms with Crippen molar-refractivity contribution >= 4 is 29.3 Å². The number of methoxy groups -OCH3 is 2. The molecule has 0 aliphatic carbocycles. The van der Waals surface area contributed by atoms with Crippen molar-refractivity contribution < 1.29 is 23.9 Å². The first kappa shape index (κ1) is 18.2. The quantitative estimate of drug-likeness (QED) is 0.813. The van der Waals surface area contributed by atoms with E-state index in [-0.39, 0.29) is 17.3 Å². The number of anilines is 2. The van der Waals surface area contributed by atoms with Crippen molar-refractivity contribution in [1.29, 1.82) is 0 Å². The Kier molecular flexibility index (Phi) is 5.25. The summed E-state index contributed by atoms with van der Waals surface area (Å²) in [6.45, 7) is 1.11. The number of hydrogen-bond donors (Lipinski definition) is 1. The second-order valence-electron chi connectivity index (χ2n) is 5.72. The highest BCUT2D eigenvalue weighted by molar-refractivity contribution is 6.05. The van der Waals surface area contributed by atoms with Gasteiger partial charge in [-0.05, 0) is 30.4 Å². The highest BCUT2D eigenvalue weighted by Gasteiger charge is 2.28. The minimum absolute atomic E-state index is 0.0253. The Morgan fingerprint density at radius 2 is 1.81 bits per heavy atom. The summed E-state index contributed by atoms with van der Waals surface area (Å²) in [5.41, 5.74) is 1.36. The van der Waals surface area contributed by atoms with Crippen molar-refractivity contribution in [3.63, 3.8) is 0 Å². The van der Waals surface area contributed by atoms with Crippen LogP contribution >= 0.6 is 0 Å². The third kappa shape index (κ3) is 3.55. The lowest BCUT2D eigenvalue weighted by Crippen LogP contribution is -2.29. The molecule has 140 valence electrons. The number of hydrogen-bond acceptors (Lipinski definition) is 6. The number of carbonyl (C=O) groups is 3. The van der Waals surface area contributed by atoms with E-state index in [0.717, 1.165) is 0 Å². The highest BCUT2D eigenvalue weighted by atomic mass is 16.5. The van der Waals surface area contributed by atoms with Gasteiger partial charge in [-0.2, -0.15) is 0 Å². The Bertz CT molecular complexity index is 872. The predicted molar refractivity (Wildman–Crippen MR) is 99.0 cm³/mol. The molecule has 1 aromatic carbocycles. The largest absolute Gasteiger partial charge is 0.465 e. The molecule has 2 heterocycles. The molecule has 1 N–H and O–H groups in total. The summed E-state index contributed by atoms with van der Waals surface area (Å²) in [4.78, 5) is 39.7. The minimum Gasteiger partial charge on any atom is -0.465 e. The number of rotatable bonds is 4. The van der Waals surface area contributed by atoms with Crippen molar-refractivity contribution in [2.75, 3.05) is 37.1 Å². The van der Waals surface area contributed by atoms with Crippen LogP contribution in [0.25, 0.3) is 0 Å². The molecule has 27 heavy (non-hydrogen) atoms. The molecule has 1 fully saturated rings. The van der Waals surface area contributed by atoms with E-state index in [1.807, 2.05) is 0 Å². The molecule has 0 spiro atoms. The van der Waals surface area contributed by atoms with E-state index in [9.17, 15) is 14.4 Å². The van der Waals surface area contributed by atoms with E-state index in [0.29, 0.717) is 24.5 Å². The summed E-state index contributed by atoms with van der Waals surface area (Å²) in [6, 6.07) is 6.93. The predicted octanol–water partition coefficient (Wildman–Crippen LogP) is 1.71. The molecule has 0 saturated carbocycles. The summed E-state index contributed by atoms with van der Waals surface area (Å²) < 4.78 is 9.68. The van der Waals surface area contributed by atoms with Crippen molar-refractivity contribution in [3.05, 3.63) is 60.0 Å². The Balaban J connectivity index is 2.09. The highest BCUT2D eigenvalue weighted by Crippen LogP contribution is 2.29.